The molecule has 1 saturated carbocycles. The number of benzene rings is 1. The van der Waals surface area contributed by atoms with E-state index in [1.807, 2.05) is 6.07 Å². The lowest BCUT2D eigenvalue weighted by Crippen LogP contribution is -2.08. The summed E-state index contributed by atoms with van der Waals surface area (Å²) in [7, 11) is -3.25. The first-order valence-corrected chi connectivity index (χ1v) is 7.70. The molecule has 1 aliphatic carbocycles. The SMILES string of the molecule is CS(=O)(=O)c1cccc(NCCC2CC2)c1N. The van der Waals surface area contributed by atoms with Crippen molar-refractivity contribution in [3.63, 3.8) is 0 Å². The molecule has 2 rings (SSSR count). The van der Waals surface area contributed by atoms with Crippen LogP contribution in [0.5, 0.6) is 0 Å². The summed E-state index contributed by atoms with van der Waals surface area (Å²) in [5.74, 6) is 0.849. The Bertz CT molecular complexity index is 507. The summed E-state index contributed by atoms with van der Waals surface area (Å²) < 4.78 is 23.0. The lowest BCUT2D eigenvalue weighted by atomic mass is 10.2. The van der Waals surface area contributed by atoms with Gasteiger partial charge in [-0.15, -0.1) is 0 Å². The maximum Gasteiger partial charge on any atom is 0.177 e. The molecule has 17 heavy (non-hydrogen) atoms. The highest BCUT2D eigenvalue weighted by atomic mass is 32.2. The molecule has 0 saturated heterocycles. The van der Waals surface area contributed by atoms with Gasteiger partial charge in [0.25, 0.3) is 0 Å². The van der Waals surface area contributed by atoms with Gasteiger partial charge in [-0.3, -0.25) is 0 Å². The van der Waals surface area contributed by atoms with Gasteiger partial charge in [-0.25, -0.2) is 8.42 Å². The molecule has 94 valence electrons. The number of sulfone groups is 1. The molecule has 1 aliphatic rings. The fourth-order valence-corrected chi connectivity index (χ4v) is 2.67. The Labute approximate surface area is 102 Å². The van der Waals surface area contributed by atoms with Gasteiger partial charge in [-0.05, 0) is 24.5 Å². The van der Waals surface area contributed by atoms with Gasteiger partial charge in [0, 0.05) is 12.8 Å². The summed E-state index contributed by atoms with van der Waals surface area (Å²) in [6.07, 6.45) is 4.94. The summed E-state index contributed by atoms with van der Waals surface area (Å²) in [6.45, 7) is 0.849. The number of rotatable bonds is 5. The third-order valence-electron chi connectivity index (χ3n) is 3.03. The molecule has 0 amide bonds. The van der Waals surface area contributed by atoms with E-state index in [1.165, 1.54) is 25.2 Å². The van der Waals surface area contributed by atoms with E-state index in [0.717, 1.165) is 18.9 Å². The van der Waals surface area contributed by atoms with Gasteiger partial charge >= 0.3 is 0 Å². The standard InChI is InChI=1S/C12H18N2O2S/c1-17(15,16)11-4-2-3-10(12(11)13)14-8-7-9-5-6-9/h2-4,9,14H,5-8,13H2,1H3. The predicted octanol–water partition coefficient (Wildman–Crippen LogP) is 1.88. The average molecular weight is 254 g/mol. The van der Waals surface area contributed by atoms with E-state index < -0.39 is 9.84 Å². The highest BCUT2D eigenvalue weighted by Crippen LogP contribution is 2.32. The number of hydrogen-bond acceptors (Lipinski definition) is 4. The number of nitrogens with two attached hydrogens (primary N) is 1. The zero-order valence-corrected chi connectivity index (χ0v) is 10.8. The zero-order valence-electron chi connectivity index (χ0n) is 9.94. The van der Waals surface area contributed by atoms with Gasteiger partial charge in [-0.2, -0.15) is 0 Å². The number of para-hydroxylation sites is 1. The van der Waals surface area contributed by atoms with Crippen LogP contribution in [0.4, 0.5) is 11.4 Å². The highest BCUT2D eigenvalue weighted by molar-refractivity contribution is 7.90. The normalized spacial score (nSPS) is 15.8. The number of nitrogens with one attached hydrogen (secondary N) is 1. The quantitative estimate of drug-likeness (QED) is 0.787. The number of hydrogen-bond donors (Lipinski definition) is 2. The molecule has 4 nitrogen and oxygen atoms in total. The van der Waals surface area contributed by atoms with Crippen molar-refractivity contribution in [2.75, 3.05) is 23.9 Å². The molecule has 0 atom stereocenters. The largest absolute Gasteiger partial charge is 0.396 e. The molecule has 1 aromatic rings. The smallest absolute Gasteiger partial charge is 0.177 e. The van der Waals surface area contributed by atoms with Gasteiger partial charge in [-0.1, -0.05) is 18.9 Å². The van der Waals surface area contributed by atoms with E-state index in [9.17, 15) is 8.42 Å². The van der Waals surface area contributed by atoms with Crippen molar-refractivity contribution in [3.05, 3.63) is 18.2 Å². The first-order chi connectivity index (χ1) is 7.98. The van der Waals surface area contributed by atoms with Crippen molar-refractivity contribution in [2.24, 2.45) is 5.92 Å². The summed E-state index contributed by atoms with van der Waals surface area (Å²) in [4.78, 5) is 0.203. The van der Waals surface area contributed by atoms with Crippen molar-refractivity contribution < 1.29 is 8.42 Å². The Hall–Kier alpha value is -1.23. The first-order valence-electron chi connectivity index (χ1n) is 5.81. The summed E-state index contributed by atoms with van der Waals surface area (Å²) in [5.41, 5.74) is 6.90. The molecule has 1 aromatic carbocycles. The molecule has 0 aromatic heterocycles. The lowest BCUT2D eigenvalue weighted by Gasteiger charge is -2.11. The summed E-state index contributed by atoms with van der Waals surface area (Å²) in [6, 6.07) is 5.07. The Morgan fingerprint density at radius 2 is 2.12 bits per heavy atom. The topological polar surface area (TPSA) is 72.2 Å². The van der Waals surface area contributed by atoms with Crippen LogP contribution in [0.25, 0.3) is 0 Å². The third-order valence-corrected chi connectivity index (χ3v) is 4.19. The minimum Gasteiger partial charge on any atom is -0.396 e. The Morgan fingerprint density at radius 1 is 1.41 bits per heavy atom. The van der Waals surface area contributed by atoms with Crippen molar-refractivity contribution in [1.29, 1.82) is 0 Å². The fourth-order valence-electron chi connectivity index (χ4n) is 1.84. The predicted molar refractivity (Wildman–Crippen MR) is 69.8 cm³/mol. The van der Waals surface area contributed by atoms with Crippen molar-refractivity contribution in [2.45, 2.75) is 24.2 Å². The highest BCUT2D eigenvalue weighted by Gasteiger charge is 2.20. The van der Waals surface area contributed by atoms with Crippen LogP contribution in [0.15, 0.2) is 23.1 Å². The van der Waals surface area contributed by atoms with Gasteiger partial charge in [0.05, 0.1) is 16.3 Å². The van der Waals surface area contributed by atoms with Crippen LogP contribution >= 0.6 is 0 Å². The van der Waals surface area contributed by atoms with Gasteiger partial charge in [0.15, 0.2) is 9.84 Å². The minimum absolute atomic E-state index is 0.203. The molecule has 0 bridgehead atoms. The molecule has 3 N–H and O–H groups in total. The van der Waals surface area contributed by atoms with E-state index in [0.29, 0.717) is 11.4 Å². The van der Waals surface area contributed by atoms with E-state index >= 15 is 0 Å². The maximum atomic E-state index is 11.5. The van der Waals surface area contributed by atoms with Crippen molar-refractivity contribution in [3.8, 4) is 0 Å². The molecule has 0 spiro atoms. The van der Waals surface area contributed by atoms with Crippen LogP contribution in [0, 0.1) is 5.92 Å². The molecule has 0 heterocycles. The molecule has 1 fully saturated rings. The average Bonchev–Trinajstić information content (AvgIpc) is 3.02. The maximum absolute atomic E-state index is 11.5. The summed E-state index contributed by atoms with van der Waals surface area (Å²) >= 11 is 0. The van der Waals surface area contributed by atoms with Crippen molar-refractivity contribution in [1.82, 2.24) is 0 Å². The molecule has 0 radical (unpaired) electrons. The van der Waals surface area contributed by atoms with E-state index in [1.54, 1.807) is 6.07 Å². The van der Waals surface area contributed by atoms with E-state index in [2.05, 4.69) is 5.32 Å². The second-order valence-corrected chi connectivity index (χ2v) is 6.63. The molecular weight excluding hydrogens is 236 g/mol. The monoisotopic (exact) mass is 254 g/mol. The Morgan fingerprint density at radius 3 is 2.71 bits per heavy atom. The number of anilines is 2. The van der Waals surface area contributed by atoms with Crippen LogP contribution in [0.1, 0.15) is 19.3 Å². The van der Waals surface area contributed by atoms with Gasteiger partial charge < -0.3 is 11.1 Å². The Kier molecular flexibility index (Phi) is 3.28. The lowest BCUT2D eigenvalue weighted by molar-refractivity contribution is 0.602. The van der Waals surface area contributed by atoms with Crippen molar-refractivity contribution >= 4 is 21.2 Å². The number of nitrogen functional groups attached to an aromatic ring is 1. The van der Waals surface area contributed by atoms with Crippen LogP contribution in [-0.4, -0.2) is 21.2 Å². The van der Waals surface area contributed by atoms with Crippen LogP contribution in [-0.2, 0) is 9.84 Å². The molecule has 5 heteroatoms. The molecule has 0 unspecified atom stereocenters. The molecular formula is C12H18N2O2S. The third kappa shape index (κ3) is 3.12. The van der Waals surface area contributed by atoms with E-state index in [-0.39, 0.29) is 4.90 Å². The van der Waals surface area contributed by atoms with Gasteiger partial charge in [0.2, 0.25) is 0 Å². The van der Waals surface area contributed by atoms with Crippen LogP contribution < -0.4 is 11.1 Å². The second-order valence-electron chi connectivity index (χ2n) is 4.65. The first kappa shape index (κ1) is 12.2. The second kappa shape index (κ2) is 4.56. The zero-order chi connectivity index (χ0) is 12.5. The van der Waals surface area contributed by atoms with Crippen LogP contribution in [0.2, 0.25) is 0 Å². The fraction of sp³-hybridized carbons (Fsp3) is 0.500. The van der Waals surface area contributed by atoms with Crippen LogP contribution in [0.3, 0.4) is 0 Å². The van der Waals surface area contributed by atoms with E-state index in [4.69, 9.17) is 5.73 Å². The summed E-state index contributed by atoms with van der Waals surface area (Å²) in [5, 5.41) is 3.21. The van der Waals surface area contributed by atoms with Gasteiger partial charge in [0.1, 0.15) is 0 Å². The molecule has 0 aliphatic heterocycles. The minimum atomic E-state index is -3.25. The Balaban J connectivity index is 2.11.